The van der Waals surface area contributed by atoms with Crippen LogP contribution in [0.1, 0.15) is 18.9 Å². The molecule has 3 aromatic rings. The number of amides is 1. The van der Waals surface area contributed by atoms with Crippen LogP contribution in [-0.4, -0.2) is 27.8 Å². The van der Waals surface area contributed by atoms with Crippen molar-refractivity contribution in [2.45, 2.75) is 24.8 Å². The minimum Gasteiger partial charge on any atom is -0.383 e. The monoisotopic (exact) mass is 442 g/mol. The molecule has 7 nitrogen and oxygen atoms in total. The molecule has 31 heavy (non-hydrogen) atoms. The van der Waals surface area contributed by atoms with E-state index in [1.54, 1.807) is 18.2 Å². The first-order valence-electron chi connectivity index (χ1n) is 9.76. The molecule has 0 spiro atoms. The SMILES string of the molecule is CCCN(C(=O)CSc1ccccc1F)c1c(N)n(Cc2ccccc2)c(=O)[nH]c1=O. The number of nitrogen functional groups attached to an aromatic ring is 1. The summed E-state index contributed by atoms with van der Waals surface area (Å²) in [6, 6.07) is 15.3. The largest absolute Gasteiger partial charge is 0.383 e. The summed E-state index contributed by atoms with van der Waals surface area (Å²) in [5.41, 5.74) is 5.58. The van der Waals surface area contributed by atoms with Gasteiger partial charge in [-0.15, -0.1) is 11.8 Å². The highest BCUT2D eigenvalue weighted by Crippen LogP contribution is 2.24. The number of hydrogen-bond donors (Lipinski definition) is 2. The highest BCUT2D eigenvalue weighted by atomic mass is 32.2. The lowest BCUT2D eigenvalue weighted by Crippen LogP contribution is -2.42. The summed E-state index contributed by atoms with van der Waals surface area (Å²) in [4.78, 5) is 41.8. The van der Waals surface area contributed by atoms with E-state index in [4.69, 9.17) is 5.73 Å². The third-order valence-electron chi connectivity index (χ3n) is 4.60. The number of benzene rings is 2. The van der Waals surface area contributed by atoms with Gasteiger partial charge in [0.1, 0.15) is 11.6 Å². The molecule has 2 aromatic carbocycles. The van der Waals surface area contributed by atoms with E-state index in [1.165, 1.54) is 15.5 Å². The Kier molecular flexibility index (Phi) is 7.30. The number of nitrogens with zero attached hydrogens (tertiary/aromatic N) is 2. The third kappa shape index (κ3) is 5.24. The van der Waals surface area contributed by atoms with E-state index in [0.717, 1.165) is 17.3 Å². The van der Waals surface area contributed by atoms with Crippen molar-refractivity contribution in [1.29, 1.82) is 0 Å². The van der Waals surface area contributed by atoms with Crippen molar-refractivity contribution in [3.63, 3.8) is 0 Å². The van der Waals surface area contributed by atoms with Crippen molar-refractivity contribution in [2.24, 2.45) is 0 Å². The lowest BCUT2D eigenvalue weighted by atomic mass is 10.2. The van der Waals surface area contributed by atoms with Crippen LogP contribution in [0.4, 0.5) is 15.9 Å². The molecule has 9 heteroatoms. The number of aromatic nitrogens is 2. The molecule has 1 aromatic heterocycles. The first-order chi connectivity index (χ1) is 14.9. The fraction of sp³-hybridized carbons (Fsp3) is 0.227. The molecule has 0 atom stereocenters. The van der Waals surface area contributed by atoms with Gasteiger partial charge in [0, 0.05) is 11.4 Å². The molecule has 0 aliphatic rings. The van der Waals surface area contributed by atoms with Crippen molar-refractivity contribution < 1.29 is 9.18 Å². The van der Waals surface area contributed by atoms with Crippen LogP contribution in [0.15, 0.2) is 69.1 Å². The van der Waals surface area contributed by atoms with Crippen LogP contribution < -0.4 is 21.9 Å². The maximum absolute atomic E-state index is 13.9. The average molecular weight is 443 g/mol. The molecule has 3 rings (SSSR count). The van der Waals surface area contributed by atoms with E-state index in [-0.39, 0.29) is 30.3 Å². The molecule has 0 bridgehead atoms. The molecule has 0 aliphatic carbocycles. The highest BCUT2D eigenvalue weighted by molar-refractivity contribution is 8.00. The maximum atomic E-state index is 13.9. The van der Waals surface area contributed by atoms with Crippen LogP contribution in [0.3, 0.4) is 0 Å². The van der Waals surface area contributed by atoms with E-state index in [9.17, 15) is 18.8 Å². The van der Waals surface area contributed by atoms with Crippen LogP contribution in [0.2, 0.25) is 0 Å². The second-order valence-corrected chi connectivity index (χ2v) is 7.85. The van der Waals surface area contributed by atoms with E-state index in [1.807, 2.05) is 37.3 Å². The van der Waals surface area contributed by atoms with Gasteiger partial charge in [-0.2, -0.15) is 0 Å². The molecule has 1 heterocycles. The van der Waals surface area contributed by atoms with Gasteiger partial charge in [0.05, 0.1) is 12.3 Å². The minimum absolute atomic E-state index is 0.0727. The average Bonchev–Trinajstić information content (AvgIpc) is 2.76. The molecule has 3 N–H and O–H groups in total. The zero-order chi connectivity index (χ0) is 22.4. The molecule has 0 saturated carbocycles. The molecule has 0 aliphatic heterocycles. The molecule has 0 fully saturated rings. The molecular formula is C22H23FN4O3S. The Bertz CT molecular complexity index is 1180. The third-order valence-corrected chi connectivity index (χ3v) is 5.64. The first-order valence-corrected chi connectivity index (χ1v) is 10.7. The highest BCUT2D eigenvalue weighted by Gasteiger charge is 2.24. The number of nitrogens with one attached hydrogen (secondary N) is 1. The van der Waals surface area contributed by atoms with E-state index in [0.29, 0.717) is 11.3 Å². The van der Waals surface area contributed by atoms with Crippen molar-refractivity contribution in [3.8, 4) is 0 Å². The molecule has 162 valence electrons. The number of carbonyl (C=O) groups is 1. The Balaban J connectivity index is 1.93. The van der Waals surface area contributed by atoms with Gasteiger partial charge in [0.15, 0.2) is 5.69 Å². The van der Waals surface area contributed by atoms with Gasteiger partial charge in [0.2, 0.25) is 5.91 Å². The Morgan fingerprint density at radius 1 is 1.13 bits per heavy atom. The maximum Gasteiger partial charge on any atom is 0.330 e. The standard InChI is InChI=1S/C22H23FN4O3S/c1-2-12-26(18(28)14-31-17-11-7-6-10-16(17)23)19-20(24)27(22(30)25-21(19)29)13-15-8-4-3-5-9-15/h3-11H,2,12-14,24H2,1H3,(H,25,29,30). The first kappa shape index (κ1) is 22.4. The number of nitrogens with two attached hydrogens (primary N) is 1. The van der Waals surface area contributed by atoms with Crippen LogP contribution in [0, 0.1) is 5.82 Å². The number of H-pyrrole nitrogens is 1. The Morgan fingerprint density at radius 2 is 1.81 bits per heavy atom. The lowest BCUT2D eigenvalue weighted by molar-refractivity contribution is -0.116. The van der Waals surface area contributed by atoms with Crippen LogP contribution in [-0.2, 0) is 11.3 Å². The zero-order valence-corrected chi connectivity index (χ0v) is 17.8. The zero-order valence-electron chi connectivity index (χ0n) is 17.0. The summed E-state index contributed by atoms with van der Waals surface area (Å²) in [6.07, 6.45) is 0.562. The van der Waals surface area contributed by atoms with E-state index in [2.05, 4.69) is 4.98 Å². The van der Waals surface area contributed by atoms with Gasteiger partial charge in [-0.05, 0) is 24.1 Å². The lowest BCUT2D eigenvalue weighted by Gasteiger charge is -2.24. The van der Waals surface area contributed by atoms with E-state index < -0.39 is 23.0 Å². The number of halogens is 1. The quantitative estimate of drug-likeness (QED) is 0.523. The second-order valence-electron chi connectivity index (χ2n) is 6.83. The van der Waals surface area contributed by atoms with Gasteiger partial charge >= 0.3 is 5.69 Å². The summed E-state index contributed by atoms with van der Waals surface area (Å²) in [5.74, 6) is -0.999. The number of hydrogen-bond acceptors (Lipinski definition) is 5. The molecule has 0 unspecified atom stereocenters. The normalized spacial score (nSPS) is 10.8. The van der Waals surface area contributed by atoms with Crippen LogP contribution in [0.25, 0.3) is 0 Å². The molecule has 1 amide bonds. The van der Waals surface area contributed by atoms with Crippen molar-refractivity contribution in [2.75, 3.05) is 22.9 Å². The van der Waals surface area contributed by atoms with Crippen LogP contribution >= 0.6 is 11.8 Å². The fourth-order valence-electron chi connectivity index (χ4n) is 3.13. The molecule has 0 saturated heterocycles. The fourth-order valence-corrected chi connectivity index (χ4v) is 3.94. The summed E-state index contributed by atoms with van der Waals surface area (Å²) >= 11 is 1.04. The van der Waals surface area contributed by atoms with Gasteiger partial charge in [-0.3, -0.25) is 19.1 Å². The number of rotatable bonds is 8. The summed E-state index contributed by atoms with van der Waals surface area (Å²) in [6.45, 7) is 2.23. The van der Waals surface area contributed by atoms with Crippen molar-refractivity contribution in [3.05, 3.63) is 86.8 Å². The Hall–Kier alpha value is -3.33. The molecule has 0 radical (unpaired) electrons. The smallest absolute Gasteiger partial charge is 0.330 e. The summed E-state index contributed by atoms with van der Waals surface area (Å²) < 4.78 is 15.1. The predicted molar refractivity (Wildman–Crippen MR) is 121 cm³/mol. The summed E-state index contributed by atoms with van der Waals surface area (Å²) in [7, 11) is 0. The minimum atomic E-state index is -0.732. The Labute approximate surface area is 182 Å². The number of thioether (sulfide) groups is 1. The van der Waals surface area contributed by atoms with Crippen molar-refractivity contribution in [1.82, 2.24) is 9.55 Å². The van der Waals surface area contributed by atoms with Gasteiger partial charge in [0.25, 0.3) is 5.56 Å². The topological polar surface area (TPSA) is 101 Å². The van der Waals surface area contributed by atoms with Gasteiger partial charge in [-0.1, -0.05) is 49.4 Å². The van der Waals surface area contributed by atoms with Gasteiger partial charge in [-0.25, -0.2) is 9.18 Å². The van der Waals surface area contributed by atoms with E-state index >= 15 is 0 Å². The molecular weight excluding hydrogens is 419 g/mol. The predicted octanol–water partition coefficient (Wildman–Crippen LogP) is 2.84. The van der Waals surface area contributed by atoms with Gasteiger partial charge < -0.3 is 10.6 Å². The number of aromatic amines is 1. The van der Waals surface area contributed by atoms with Crippen LogP contribution in [0.5, 0.6) is 0 Å². The summed E-state index contributed by atoms with van der Waals surface area (Å²) in [5, 5.41) is 0. The second kappa shape index (κ2) is 10.1. The van der Waals surface area contributed by atoms with Crippen molar-refractivity contribution >= 4 is 29.2 Å². The number of carbonyl (C=O) groups excluding carboxylic acids is 1. The Morgan fingerprint density at radius 3 is 2.48 bits per heavy atom. The number of anilines is 2.